The van der Waals surface area contributed by atoms with Gasteiger partial charge >= 0.3 is 0 Å². The lowest BCUT2D eigenvalue weighted by Crippen LogP contribution is -2.22. The number of Topliss-reactive ketones (excluding diaryl/α,β-unsaturated/α-hetero) is 1. The number of hydrogen-bond acceptors (Lipinski definition) is 2. The van der Waals surface area contributed by atoms with Crippen LogP contribution in [0.4, 0.5) is 0 Å². The topological polar surface area (TPSA) is 26.3 Å². The van der Waals surface area contributed by atoms with Gasteiger partial charge < -0.3 is 4.74 Å². The number of aryl methyl sites for hydroxylation is 1. The van der Waals surface area contributed by atoms with Crippen LogP contribution in [-0.2, 0) is 11.2 Å². The highest BCUT2D eigenvalue weighted by atomic mass is 16.5. The van der Waals surface area contributed by atoms with E-state index < -0.39 is 0 Å². The molecule has 2 heteroatoms. The van der Waals surface area contributed by atoms with Gasteiger partial charge in [-0.3, -0.25) is 4.79 Å². The highest BCUT2D eigenvalue weighted by molar-refractivity contribution is 5.80. The van der Waals surface area contributed by atoms with Gasteiger partial charge in [-0.2, -0.15) is 0 Å². The van der Waals surface area contributed by atoms with Crippen molar-refractivity contribution in [2.24, 2.45) is 5.92 Å². The molecule has 0 N–H and O–H groups in total. The van der Waals surface area contributed by atoms with Gasteiger partial charge in [0, 0.05) is 12.3 Å². The molecule has 0 heterocycles. The molecular formula is C17H26O2. The minimum atomic E-state index is -0.173. The second-order valence-electron chi connectivity index (χ2n) is 6.13. The number of benzene rings is 1. The van der Waals surface area contributed by atoms with E-state index in [0.29, 0.717) is 12.2 Å². The lowest BCUT2D eigenvalue weighted by molar-refractivity contribution is -0.122. The first-order valence-corrected chi connectivity index (χ1v) is 7.12. The summed E-state index contributed by atoms with van der Waals surface area (Å²) in [6.45, 7) is 10.2. The van der Waals surface area contributed by atoms with Gasteiger partial charge in [0.05, 0.1) is 0 Å². The average Bonchev–Trinajstić information content (AvgIpc) is 2.34. The van der Waals surface area contributed by atoms with Crippen molar-refractivity contribution in [1.82, 2.24) is 0 Å². The zero-order chi connectivity index (χ0) is 14.5. The fourth-order valence-corrected chi connectivity index (χ4v) is 1.82. The molecule has 0 fully saturated rings. The summed E-state index contributed by atoms with van der Waals surface area (Å²) in [6.07, 6.45) is 2.38. The van der Waals surface area contributed by atoms with E-state index in [1.54, 1.807) is 0 Å². The van der Waals surface area contributed by atoms with E-state index in [-0.39, 0.29) is 11.5 Å². The van der Waals surface area contributed by atoms with Crippen LogP contribution in [0.2, 0.25) is 0 Å². The molecule has 19 heavy (non-hydrogen) atoms. The summed E-state index contributed by atoms with van der Waals surface area (Å²) in [7, 11) is 0. The Hall–Kier alpha value is -1.31. The molecule has 0 spiro atoms. The molecule has 0 saturated carbocycles. The minimum Gasteiger partial charge on any atom is -0.488 e. The lowest BCUT2D eigenvalue weighted by atomic mass is 9.97. The van der Waals surface area contributed by atoms with Crippen molar-refractivity contribution in [3.63, 3.8) is 0 Å². The van der Waals surface area contributed by atoms with Gasteiger partial charge in [-0.05, 0) is 51.3 Å². The van der Waals surface area contributed by atoms with E-state index in [1.165, 1.54) is 5.56 Å². The monoisotopic (exact) mass is 262 g/mol. The Morgan fingerprint density at radius 1 is 1.21 bits per heavy atom. The smallest absolute Gasteiger partial charge is 0.136 e. The fraction of sp³-hybridized carbons (Fsp3) is 0.588. The van der Waals surface area contributed by atoms with Gasteiger partial charge in [0.15, 0.2) is 0 Å². The summed E-state index contributed by atoms with van der Waals surface area (Å²) >= 11 is 0. The van der Waals surface area contributed by atoms with Crippen LogP contribution in [0, 0.1) is 5.92 Å². The first kappa shape index (κ1) is 15.7. The Bertz CT molecular complexity index is 398. The molecule has 1 rings (SSSR count). The summed E-state index contributed by atoms with van der Waals surface area (Å²) in [6, 6.07) is 8.05. The largest absolute Gasteiger partial charge is 0.488 e. The third-order valence-electron chi connectivity index (χ3n) is 3.17. The van der Waals surface area contributed by atoms with Crippen molar-refractivity contribution in [2.75, 3.05) is 0 Å². The number of carbonyl (C=O) groups excluding carboxylic acids is 1. The predicted molar refractivity (Wildman–Crippen MR) is 79.6 cm³/mol. The zero-order valence-electron chi connectivity index (χ0n) is 12.8. The van der Waals surface area contributed by atoms with Crippen molar-refractivity contribution in [2.45, 2.75) is 59.5 Å². The van der Waals surface area contributed by atoms with E-state index in [2.05, 4.69) is 6.92 Å². The van der Waals surface area contributed by atoms with Gasteiger partial charge in [0.1, 0.15) is 17.1 Å². The van der Waals surface area contributed by atoms with Gasteiger partial charge in [0.25, 0.3) is 0 Å². The summed E-state index contributed by atoms with van der Waals surface area (Å²) < 4.78 is 5.77. The number of rotatable bonds is 6. The second kappa shape index (κ2) is 6.74. The molecule has 1 aromatic carbocycles. The van der Waals surface area contributed by atoms with Crippen molar-refractivity contribution in [3.05, 3.63) is 29.8 Å². The van der Waals surface area contributed by atoms with Gasteiger partial charge in [-0.25, -0.2) is 0 Å². The van der Waals surface area contributed by atoms with E-state index in [1.807, 2.05) is 52.0 Å². The molecule has 106 valence electrons. The van der Waals surface area contributed by atoms with Crippen molar-refractivity contribution in [3.8, 4) is 5.75 Å². The molecule has 0 aromatic heterocycles. The predicted octanol–water partition coefficient (Wildman–Crippen LogP) is 4.41. The molecule has 0 amide bonds. The maximum atomic E-state index is 11.8. The van der Waals surface area contributed by atoms with Crippen molar-refractivity contribution < 1.29 is 9.53 Å². The second-order valence-corrected chi connectivity index (χ2v) is 6.13. The van der Waals surface area contributed by atoms with Gasteiger partial charge in [-0.1, -0.05) is 26.0 Å². The Kier molecular flexibility index (Phi) is 5.59. The van der Waals surface area contributed by atoms with E-state index in [9.17, 15) is 4.79 Å². The van der Waals surface area contributed by atoms with Crippen LogP contribution in [0.25, 0.3) is 0 Å². The molecular weight excluding hydrogens is 236 g/mol. The minimum absolute atomic E-state index is 0.173. The van der Waals surface area contributed by atoms with Crippen LogP contribution in [0.15, 0.2) is 24.3 Å². The Morgan fingerprint density at radius 2 is 1.79 bits per heavy atom. The molecule has 0 aliphatic carbocycles. The molecule has 1 unspecified atom stereocenters. The van der Waals surface area contributed by atoms with Crippen molar-refractivity contribution in [1.29, 1.82) is 0 Å². The highest BCUT2D eigenvalue weighted by Gasteiger charge is 2.12. The van der Waals surface area contributed by atoms with Crippen LogP contribution in [-0.4, -0.2) is 11.4 Å². The van der Waals surface area contributed by atoms with Gasteiger partial charge in [-0.15, -0.1) is 0 Å². The van der Waals surface area contributed by atoms with Crippen LogP contribution in [0.3, 0.4) is 0 Å². The first-order valence-electron chi connectivity index (χ1n) is 7.12. The average molecular weight is 262 g/mol. The molecule has 0 bridgehead atoms. The van der Waals surface area contributed by atoms with Crippen LogP contribution in [0.5, 0.6) is 5.75 Å². The molecule has 0 aliphatic heterocycles. The Balaban J connectivity index is 2.51. The lowest BCUT2D eigenvalue weighted by Gasteiger charge is -2.21. The molecule has 2 nitrogen and oxygen atoms in total. The number of ether oxygens (including phenoxy) is 1. The molecule has 1 aromatic rings. The fourth-order valence-electron chi connectivity index (χ4n) is 1.82. The summed E-state index contributed by atoms with van der Waals surface area (Å²) in [5, 5.41) is 0. The highest BCUT2D eigenvalue weighted by Crippen LogP contribution is 2.19. The van der Waals surface area contributed by atoms with Crippen LogP contribution >= 0.6 is 0 Å². The zero-order valence-corrected chi connectivity index (χ0v) is 12.8. The van der Waals surface area contributed by atoms with Crippen molar-refractivity contribution >= 4 is 5.78 Å². The maximum absolute atomic E-state index is 11.8. The summed E-state index contributed by atoms with van der Waals surface area (Å²) in [5.74, 6) is 1.42. The van der Waals surface area contributed by atoms with E-state index >= 15 is 0 Å². The third kappa shape index (κ3) is 5.91. The molecule has 0 aliphatic rings. The van der Waals surface area contributed by atoms with E-state index in [0.717, 1.165) is 18.6 Å². The Labute approximate surface area is 117 Å². The molecule has 0 radical (unpaired) electrons. The summed E-state index contributed by atoms with van der Waals surface area (Å²) in [4.78, 5) is 11.8. The third-order valence-corrected chi connectivity index (χ3v) is 3.17. The standard InChI is InChI=1S/C17H26O2/c1-6-13(2)16(18)12-9-14-7-10-15(11-8-14)19-17(3,4)5/h7-8,10-11,13H,6,9,12H2,1-5H3. The SMILES string of the molecule is CCC(C)C(=O)CCc1ccc(OC(C)(C)C)cc1. The number of carbonyl (C=O) groups is 1. The quantitative estimate of drug-likeness (QED) is 0.759. The van der Waals surface area contributed by atoms with Crippen LogP contribution < -0.4 is 4.74 Å². The van der Waals surface area contributed by atoms with Gasteiger partial charge in [0.2, 0.25) is 0 Å². The van der Waals surface area contributed by atoms with E-state index in [4.69, 9.17) is 4.74 Å². The normalized spacial score (nSPS) is 13.1. The number of ketones is 1. The maximum Gasteiger partial charge on any atom is 0.136 e. The molecule has 0 saturated heterocycles. The number of hydrogen-bond donors (Lipinski definition) is 0. The Morgan fingerprint density at radius 3 is 2.26 bits per heavy atom. The summed E-state index contributed by atoms with van der Waals surface area (Å²) in [5.41, 5.74) is 1.02. The van der Waals surface area contributed by atoms with Crippen LogP contribution in [0.1, 0.15) is 53.0 Å². The first-order chi connectivity index (χ1) is 8.81. The molecule has 1 atom stereocenters.